The van der Waals surface area contributed by atoms with Gasteiger partial charge in [0.05, 0.1) is 7.11 Å². The van der Waals surface area contributed by atoms with Crippen LogP contribution < -0.4 is 9.64 Å². The second-order valence-corrected chi connectivity index (χ2v) is 9.93. The van der Waals surface area contributed by atoms with Crippen LogP contribution in [0.1, 0.15) is 27.8 Å². The number of anilines is 3. The smallest absolute Gasteiger partial charge is 0.119 e. The summed E-state index contributed by atoms with van der Waals surface area (Å²) >= 11 is 0. The standard InChI is InChI=1S/C40H35NO/c1-32-31-39(42-2)29-30-40(32)41(37-25-21-35(22-26-37)19-11-9-17-33-13-5-3-6-14-33)38-27-23-36(24-28-38)20-12-10-18-34-15-7-4-8-16-34/h3-31H,1-2H3/b17-9+,18-10+,19-11+,20-12+. The molecule has 0 N–H and O–H groups in total. The van der Waals surface area contributed by atoms with Gasteiger partial charge in [0.1, 0.15) is 5.75 Å². The largest absolute Gasteiger partial charge is 0.497 e. The van der Waals surface area contributed by atoms with Crippen molar-refractivity contribution in [3.63, 3.8) is 0 Å². The fraction of sp³-hybridized carbons (Fsp3) is 0.0500. The molecule has 0 atom stereocenters. The lowest BCUT2D eigenvalue weighted by atomic mass is 10.1. The second kappa shape index (κ2) is 14.3. The lowest BCUT2D eigenvalue weighted by molar-refractivity contribution is 0.414. The van der Waals surface area contributed by atoms with E-state index in [0.29, 0.717) is 0 Å². The Labute approximate surface area is 249 Å². The number of nitrogens with zero attached hydrogens (tertiary/aromatic N) is 1. The van der Waals surface area contributed by atoms with E-state index in [-0.39, 0.29) is 0 Å². The lowest BCUT2D eigenvalue weighted by Gasteiger charge is -2.27. The van der Waals surface area contributed by atoms with Crippen molar-refractivity contribution >= 4 is 41.4 Å². The highest BCUT2D eigenvalue weighted by Gasteiger charge is 2.15. The maximum atomic E-state index is 5.48. The number of benzene rings is 5. The third-order valence-electron chi connectivity index (χ3n) is 6.92. The summed E-state index contributed by atoms with van der Waals surface area (Å²) in [5.74, 6) is 0.851. The van der Waals surface area contributed by atoms with Crippen LogP contribution >= 0.6 is 0 Å². The van der Waals surface area contributed by atoms with E-state index in [1.165, 1.54) is 11.1 Å². The van der Waals surface area contributed by atoms with E-state index in [1.54, 1.807) is 7.11 Å². The average Bonchev–Trinajstić information content (AvgIpc) is 3.04. The van der Waals surface area contributed by atoms with Crippen LogP contribution in [0.15, 0.2) is 152 Å². The first-order chi connectivity index (χ1) is 20.7. The van der Waals surface area contributed by atoms with Crippen molar-refractivity contribution in [2.45, 2.75) is 6.92 Å². The van der Waals surface area contributed by atoms with Crippen molar-refractivity contribution in [2.24, 2.45) is 0 Å². The Balaban J connectivity index is 1.37. The van der Waals surface area contributed by atoms with Gasteiger partial charge in [-0.25, -0.2) is 0 Å². The van der Waals surface area contributed by atoms with E-state index in [4.69, 9.17) is 4.74 Å². The van der Waals surface area contributed by atoms with Crippen molar-refractivity contribution in [3.05, 3.63) is 180 Å². The Morgan fingerprint density at radius 2 is 0.881 bits per heavy atom. The van der Waals surface area contributed by atoms with Crippen molar-refractivity contribution in [1.82, 2.24) is 0 Å². The van der Waals surface area contributed by atoms with Crippen LogP contribution in [0.4, 0.5) is 17.1 Å². The first-order valence-corrected chi connectivity index (χ1v) is 14.1. The minimum atomic E-state index is 0.851. The molecule has 0 saturated carbocycles. The van der Waals surface area contributed by atoms with Gasteiger partial charge in [-0.15, -0.1) is 0 Å². The van der Waals surface area contributed by atoms with Crippen molar-refractivity contribution in [3.8, 4) is 5.75 Å². The minimum absolute atomic E-state index is 0.851. The molecule has 206 valence electrons. The van der Waals surface area contributed by atoms with Crippen LogP contribution in [-0.2, 0) is 0 Å². The van der Waals surface area contributed by atoms with E-state index in [9.17, 15) is 0 Å². The third-order valence-corrected chi connectivity index (χ3v) is 6.92. The molecule has 5 rings (SSSR count). The Hall–Kier alpha value is -5.34. The van der Waals surface area contributed by atoms with E-state index in [1.807, 2.05) is 42.5 Å². The van der Waals surface area contributed by atoms with Crippen molar-refractivity contribution in [2.75, 3.05) is 12.0 Å². The average molecular weight is 546 g/mol. The van der Waals surface area contributed by atoms with Crippen LogP contribution in [0.3, 0.4) is 0 Å². The molecule has 0 unspecified atom stereocenters. The molecule has 5 aromatic carbocycles. The maximum Gasteiger partial charge on any atom is 0.119 e. The number of ether oxygens (including phenoxy) is 1. The van der Waals surface area contributed by atoms with Crippen molar-refractivity contribution < 1.29 is 4.74 Å². The molecular weight excluding hydrogens is 510 g/mol. The zero-order valence-corrected chi connectivity index (χ0v) is 24.1. The van der Waals surface area contributed by atoms with E-state index < -0.39 is 0 Å². The van der Waals surface area contributed by atoms with Crippen molar-refractivity contribution in [1.29, 1.82) is 0 Å². The Morgan fingerprint density at radius 1 is 0.476 bits per heavy atom. The number of aryl methyl sites for hydroxylation is 1. The number of methoxy groups -OCH3 is 1. The Morgan fingerprint density at radius 3 is 1.26 bits per heavy atom. The summed E-state index contributed by atoms with van der Waals surface area (Å²) in [6.07, 6.45) is 16.8. The van der Waals surface area contributed by atoms with Crippen LogP contribution in [0.5, 0.6) is 5.75 Å². The number of rotatable bonds is 10. The fourth-order valence-electron chi connectivity index (χ4n) is 4.70. The van der Waals surface area contributed by atoms with E-state index in [0.717, 1.165) is 39.5 Å². The van der Waals surface area contributed by atoms with Gasteiger partial charge < -0.3 is 9.64 Å². The lowest BCUT2D eigenvalue weighted by Crippen LogP contribution is -2.11. The number of allylic oxidation sites excluding steroid dienone is 4. The topological polar surface area (TPSA) is 12.5 Å². The van der Waals surface area contributed by atoms with Gasteiger partial charge in [-0.3, -0.25) is 0 Å². The predicted molar refractivity (Wildman–Crippen MR) is 181 cm³/mol. The molecule has 0 fully saturated rings. The molecule has 0 amide bonds. The van der Waals surface area contributed by atoms with Gasteiger partial charge in [-0.1, -0.05) is 134 Å². The van der Waals surface area contributed by atoms with Gasteiger partial charge in [-0.05, 0) is 77.2 Å². The molecule has 0 aliphatic heterocycles. The maximum absolute atomic E-state index is 5.48. The molecule has 0 heterocycles. The van der Waals surface area contributed by atoms with Gasteiger partial charge in [-0.2, -0.15) is 0 Å². The van der Waals surface area contributed by atoms with Gasteiger partial charge in [0.25, 0.3) is 0 Å². The molecule has 5 aromatic rings. The quantitative estimate of drug-likeness (QED) is 0.162. The summed E-state index contributed by atoms with van der Waals surface area (Å²) in [4.78, 5) is 2.29. The van der Waals surface area contributed by atoms with E-state index >= 15 is 0 Å². The predicted octanol–water partition coefficient (Wildman–Crippen LogP) is 10.9. The molecule has 2 heteroatoms. The normalized spacial score (nSPS) is 11.7. The fourth-order valence-corrected chi connectivity index (χ4v) is 4.70. The zero-order chi connectivity index (χ0) is 29.0. The van der Waals surface area contributed by atoms with Gasteiger partial charge in [0.2, 0.25) is 0 Å². The Bertz CT molecular complexity index is 1570. The Kier molecular flexibility index (Phi) is 9.63. The molecule has 0 saturated heterocycles. The minimum Gasteiger partial charge on any atom is -0.497 e. The summed E-state index contributed by atoms with van der Waals surface area (Å²) < 4.78 is 5.48. The van der Waals surface area contributed by atoms with E-state index in [2.05, 4.69) is 145 Å². The zero-order valence-electron chi connectivity index (χ0n) is 24.1. The molecule has 0 aromatic heterocycles. The molecule has 42 heavy (non-hydrogen) atoms. The molecule has 0 aliphatic rings. The highest BCUT2D eigenvalue weighted by atomic mass is 16.5. The van der Waals surface area contributed by atoms with Gasteiger partial charge in [0.15, 0.2) is 0 Å². The molecule has 0 aliphatic carbocycles. The molecule has 0 radical (unpaired) electrons. The molecule has 2 nitrogen and oxygen atoms in total. The number of hydrogen-bond donors (Lipinski definition) is 0. The first kappa shape index (κ1) is 28.2. The van der Waals surface area contributed by atoms with Crippen LogP contribution in [-0.4, -0.2) is 7.11 Å². The van der Waals surface area contributed by atoms with Crippen LogP contribution in [0.2, 0.25) is 0 Å². The molecule has 0 bridgehead atoms. The SMILES string of the molecule is COc1ccc(N(c2ccc(/C=C/C=C/c3ccccc3)cc2)c2ccc(/C=C/C=C/c3ccccc3)cc2)c(C)c1. The number of hydrogen-bond acceptors (Lipinski definition) is 2. The van der Waals surface area contributed by atoms with Gasteiger partial charge >= 0.3 is 0 Å². The monoisotopic (exact) mass is 545 g/mol. The third kappa shape index (κ3) is 7.65. The summed E-state index contributed by atoms with van der Waals surface area (Å²) in [5, 5.41) is 0. The first-order valence-electron chi connectivity index (χ1n) is 14.1. The molecular formula is C40H35NO. The van der Waals surface area contributed by atoms with Crippen LogP contribution in [0.25, 0.3) is 24.3 Å². The summed E-state index contributed by atoms with van der Waals surface area (Å²) in [7, 11) is 1.70. The summed E-state index contributed by atoms with van der Waals surface area (Å²) in [6.45, 7) is 2.12. The second-order valence-electron chi connectivity index (χ2n) is 9.93. The van der Waals surface area contributed by atoms with Crippen LogP contribution in [0, 0.1) is 6.92 Å². The molecule has 0 spiro atoms. The summed E-state index contributed by atoms with van der Waals surface area (Å²) in [5.41, 5.74) is 9.10. The highest BCUT2D eigenvalue weighted by Crippen LogP contribution is 2.38. The summed E-state index contributed by atoms with van der Waals surface area (Å²) in [6, 6.07) is 44.2. The highest BCUT2D eigenvalue weighted by molar-refractivity contribution is 5.80. The van der Waals surface area contributed by atoms with Gasteiger partial charge in [0, 0.05) is 17.1 Å².